The summed E-state index contributed by atoms with van der Waals surface area (Å²) in [5, 5.41) is 13.4. The van der Waals surface area contributed by atoms with Gasteiger partial charge >= 0.3 is 0 Å². The molecule has 2 aliphatic carbocycles. The van der Waals surface area contributed by atoms with Gasteiger partial charge < -0.3 is 10.2 Å². The summed E-state index contributed by atoms with van der Waals surface area (Å²) in [4.78, 5) is 25.9. The van der Waals surface area contributed by atoms with E-state index in [0.717, 1.165) is 47.5 Å². The van der Waals surface area contributed by atoms with Crippen LogP contribution in [0.5, 0.6) is 0 Å². The van der Waals surface area contributed by atoms with E-state index < -0.39 is 21.2 Å². The first-order chi connectivity index (χ1) is 19.7. The number of thiazole rings is 1. The molecule has 214 valence electrons. The molecule has 11 heteroatoms. The summed E-state index contributed by atoms with van der Waals surface area (Å²) in [7, 11) is -2.97. The van der Waals surface area contributed by atoms with Gasteiger partial charge in [-0.1, -0.05) is 31.9 Å². The molecule has 4 atom stereocenters. The number of pyridine rings is 1. The van der Waals surface area contributed by atoms with Gasteiger partial charge in [0, 0.05) is 30.6 Å². The van der Waals surface area contributed by atoms with Crippen LogP contribution in [0.1, 0.15) is 50.6 Å². The van der Waals surface area contributed by atoms with E-state index in [9.17, 15) is 22.9 Å². The van der Waals surface area contributed by atoms with Crippen LogP contribution in [0.15, 0.2) is 42.6 Å². The molecule has 1 saturated heterocycles. The van der Waals surface area contributed by atoms with E-state index in [2.05, 4.69) is 21.3 Å². The van der Waals surface area contributed by atoms with Gasteiger partial charge in [0.15, 0.2) is 9.84 Å². The standard InChI is InChI=1S/C30H32FN5O3S2/c1-19-16-30(19,18-32)35-28(37)24-5-3-2-4-23(24)26-27(40-29(34-26)25-11-8-21(31)17-33-25)20-6-9-22(10-7-20)36-12-14-41(38,39)15-13-36/h6-11,17,19,23-24H,2-5,12-16H2,1H3,(H,35,37)/t19?,23-,24-,30?/m1/s1. The van der Waals surface area contributed by atoms with Crippen LogP contribution in [0.3, 0.4) is 0 Å². The fourth-order valence-corrected chi connectivity index (χ4v) is 8.38. The van der Waals surface area contributed by atoms with Crippen molar-refractivity contribution in [2.24, 2.45) is 11.8 Å². The van der Waals surface area contributed by atoms with Crippen molar-refractivity contribution in [2.45, 2.75) is 50.5 Å². The van der Waals surface area contributed by atoms with Crippen molar-refractivity contribution in [1.82, 2.24) is 15.3 Å². The van der Waals surface area contributed by atoms with Gasteiger partial charge in [-0.05, 0) is 55.0 Å². The summed E-state index contributed by atoms with van der Waals surface area (Å²) in [5.74, 6) is -0.486. The van der Waals surface area contributed by atoms with Gasteiger partial charge in [0.25, 0.3) is 0 Å². The molecule has 3 aromatic rings. The first kappa shape index (κ1) is 27.8. The van der Waals surface area contributed by atoms with Crippen LogP contribution in [0.25, 0.3) is 21.1 Å². The lowest BCUT2D eigenvalue weighted by atomic mass is 9.76. The Morgan fingerprint density at radius 2 is 1.85 bits per heavy atom. The van der Waals surface area contributed by atoms with E-state index in [1.807, 2.05) is 31.2 Å². The summed E-state index contributed by atoms with van der Waals surface area (Å²) in [6.07, 6.45) is 5.30. The van der Waals surface area contributed by atoms with Crippen molar-refractivity contribution >= 4 is 32.8 Å². The molecule has 2 aromatic heterocycles. The maximum absolute atomic E-state index is 13.6. The molecular formula is C30H32FN5O3S2. The third-order valence-corrected chi connectivity index (χ3v) is 11.5. The van der Waals surface area contributed by atoms with Crippen LogP contribution in [0.4, 0.5) is 10.1 Å². The topological polar surface area (TPSA) is 116 Å². The number of anilines is 1. The number of aromatic nitrogens is 2. The minimum Gasteiger partial charge on any atom is -0.369 e. The molecule has 0 bridgehead atoms. The predicted molar refractivity (Wildman–Crippen MR) is 157 cm³/mol. The fourth-order valence-electron chi connectivity index (χ4n) is 6.06. The summed E-state index contributed by atoms with van der Waals surface area (Å²) in [6, 6.07) is 13.3. The Hall–Kier alpha value is -3.36. The average Bonchev–Trinajstić information content (AvgIpc) is 3.40. The Morgan fingerprint density at radius 1 is 1.15 bits per heavy atom. The number of carbonyl (C=O) groups is 1. The molecule has 1 aliphatic heterocycles. The van der Waals surface area contributed by atoms with Gasteiger partial charge in [-0.15, -0.1) is 11.3 Å². The lowest BCUT2D eigenvalue weighted by molar-refractivity contribution is -0.127. The smallest absolute Gasteiger partial charge is 0.225 e. The van der Waals surface area contributed by atoms with Crippen LogP contribution in [0.2, 0.25) is 0 Å². The van der Waals surface area contributed by atoms with Crippen LogP contribution >= 0.6 is 11.3 Å². The predicted octanol–water partition coefficient (Wildman–Crippen LogP) is 4.94. The molecule has 1 aromatic carbocycles. The Morgan fingerprint density at radius 3 is 2.49 bits per heavy atom. The third-order valence-electron chi connectivity index (χ3n) is 8.75. The SMILES string of the molecule is CC1CC1(C#N)NC(=O)[C@@H]1CCCC[C@H]1c1nc(-c2ccc(F)cn2)sc1-c1ccc(N2CCS(=O)(=O)CC2)cc1. The summed E-state index contributed by atoms with van der Waals surface area (Å²) in [6.45, 7) is 2.92. The number of hydrogen-bond acceptors (Lipinski definition) is 8. The molecular weight excluding hydrogens is 561 g/mol. The number of nitriles is 1. The Balaban J connectivity index is 1.34. The van der Waals surface area contributed by atoms with Crippen molar-refractivity contribution in [1.29, 1.82) is 5.26 Å². The number of nitrogens with one attached hydrogen (secondary N) is 1. The van der Waals surface area contributed by atoms with Crippen LogP contribution in [-0.2, 0) is 14.6 Å². The highest BCUT2D eigenvalue weighted by Crippen LogP contribution is 2.47. The van der Waals surface area contributed by atoms with E-state index in [4.69, 9.17) is 4.98 Å². The van der Waals surface area contributed by atoms with Crippen molar-refractivity contribution in [2.75, 3.05) is 29.5 Å². The Labute approximate surface area is 243 Å². The number of hydrogen-bond donors (Lipinski definition) is 1. The fraction of sp³-hybridized carbons (Fsp3) is 0.467. The lowest BCUT2D eigenvalue weighted by Gasteiger charge is -2.31. The molecule has 1 N–H and O–H groups in total. The number of halogens is 1. The highest BCUT2D eigenvalue weighted by atomic mass is 32.2. The molecule has 6 rings (SSSR count). The Kier molecular flexibility index (Phi) is 7.32. The van der Waals surface area contributed by atoms with E-state index in [1.54, 1.807) is 6.07 Å². The first-order valence-electron chi connectivity index (χ1n) is 14.1. The molecule has 41 heavy (non-hydrogen) atoms. The van der Waals surface area contributed by atoms with Crippen molar-refractivity contribution in [3.05, 3.63) is 54.1 Å². The number of sulfone groups is 1. The molecule has 0 spiro atoms. The lowest BCUT2D eigenvalue weighted by Crippen LogP contribution is -2.43. The van der Waals surface area contributed by atoms with Gasteiger partial charge in [0.1, 0.15) is 16.4 Å². The summed E-state index contributed by atoms with van der Waals surface area (Å²) >= 11 is 1.48. The molecule has 3 aliphatic rings. The molecule has 0 radical (unpaired) electrons. The van der Waals surface area contributed by atoms with Crippen LogP contribution < -0.4 is 10.2 Å². The first-order valence-corrected chi connectivity index (χ1v) is 16.7. The third kappa shape index (κ3) is 5.60. The zero-order valence-corrected chi connectivity index (χ0v) is 24.5. The van der Waals surface area contributed by atoms with Crippen LogP contribution in [0, 0.1) is 29.0 Å². The zero-order chi connectivity index (χ0) is 28.8. The quantitative estimate of drug-likeness (QED) is 0.431. The number of benzene rings is 1. The average molecular weight is 594 g/mol. The van der Waals surface area contributed by atoms with Gasteiger partial charge in [-0.2, -0.15) is 5.26 Å². The van der Waals surface area contributed by atoms with E-state index in [1.165, 1.54) is 23.6 Å². The van der Waals surface area contributed by atoms with Crippen molar-refractivity contribution in [3.8, 4) is 27.2 Å². The van der Waals surface area contributed by atoms with Gasteiger partial charge in [-0.25, -0.2) is 17.8 Å². The monoisotopic (exact) mass is 593 g/mol. The molecule has 3 heterocycles. The minimum absolute atomic E-state index is 0.0867. The van der Waals surface area contributed by atoms with E-state index in [-0.39, 0.29) is 35.2 Å². The van der Waals surface area contributed by atoms with Gasteiger partial charge in [0.2, 0.25) is 5.91 Å². The largest absolute Gasteiger partial charge is 0.369 e. The van der Waals surface area contributed by atoms with Crippen LogP contribution in [-0.4, -0.2) is 54.4 Å². The van der Waals surface area contributed by atoms with Gasteiger partial charge in [0.05, 0.1) is 40.0 Å². The minimum atomic E-state index is -2.97. The summed E-state index contributed by atoms with van der Waals surface area (Å²) < 4.78 is 37.4. The molecule has 3 fully saturated rings. The van der Waals surface area contributed by atoms with E-state index >= 15 is 0 Å². The number of amides is 1. The van der Waals surface area contributed by atoms with Gasteiger partial charge in [-0.3, -0.25) is 9.78 Å². The zero-order valence-electron chi connectivity index (χ0n) is 22.8. The molecule has 8 nitrogen and oxygen atoms in total. The number of carbonyl (C=O) groups excluding carboxylic acids is 1. The highest BCUT2D eigenvalue weighted by molar-refractivity contribution is 7.91. The number of nitrogens with zero attached hydrogens (tertiary/aromatic N) is 4. The molecule has 1 amide bonds. The van der Waals surface area contributed by atoms with Crippen molar-refractivity contribution in [3.63, 3.8) is 0 Å². The second-order valence-electron chi connectivity index (χ2n) is 11.5. The molecule has 2 unspecified atom stereocenters. The Bertz CT molecular complexity index is 1590. The van der Waals surface area contributed by atoms with Crippen molar-refractivity contribution < 1.29 is 17.6 Å². The maximum Gasteiger partial charge on any atom is 0.225 e. The summed E-state index contributed by atoms with van der Waals surface area (Å²) in [5.41, 5.74) is 2.56. The highest BCUT2D eigenvalue weighted by Gasteiger charge is 2.54. The maximum atomic E-state index is 13.6. The normalized spacial score (nSPS) is 27.1. The second-order valence-corrected chi connectivity index (χ2v) is 14.8. The number of rotatable bonds is 6. The molecule has 2 saturated carbocycles. The second kappa shape index (κ2) is 10.8. The van der Waals surface area contributed by atoms with E-state index in [0.29, 0.717) is 30.2 Å².